The van der Waals surface area contributed by atoms with E-state index in [1.54, 1.807) is 37.4 Å². The van der Waals surface area contributed by atoms with Crippen molar-refractivity contribution in [3.05, 3.63) is 62.6 Å². The number of hydrogen-bond donors (Lipinski definition) is 0. The molecule has 0 spiro atoms. The fourth-order valence-electron chi connectivity index (χ4n) is 1.83. The van der Waals surface area contributed by atoms with Crippen LogP contribution in [-0.4, -0.2) is 12.9 Å². The van der Waals surface area contributed by atoms with Crippen LogP contribution in [0.4, 0.5) is 0 Å². The molecule has 0 radical (unpaired) electrons. The van der Waals surface area contributed by atoms with Gasteiger partial charge in [0.25, 0.3) is 0 Å². The Hall–Kier alpha value is -1.32. The lowest BCUT2D eigenvalue weighted by atomic mass is 9.99. The Kier molecular flexibility index (Phi) is 4.27. The van der Waals surface area contributed by atoms with Crippen molar-refractivity contribution in [1.82, 2.24) is 0 Å². The molecule has 0 aromatic heterocycles. The number of carbonyl (C=O) groups is 1. The predicted molar refractivity (Wildman–Crippen MR) is 80.3 cm³/mol. The van der Waals surface area contributed by atoms with Gasteiger partial charge in [0.2, 0.25) is 0 Å². The Morgan fingerprint density at radius 3 is 2.53 bits per heavy atom. The summed E-state index contributed by atoms with van der Waals surface area (Å²) in [5.41, 5.74) is 1.98. The number of ether oxygens (including phenoxy) is 1. The smallest absolute Gasteiger partial charge is 0.194 e. The highest BCUT2D eigenvalue weighted by Crippen LogP contribution is 2.26. The highest BCUT2D eigenvalue weighted by atomic mass is 79.9. The second kappa shape index (κ2) is 5.76. The molecule has 0 bridgehead atoms. The molecule has 0 aliphatic carbocycles. The van der Waals surface area contributed by atoms with Crippen molar-refractivity contribution in [2.75, 3.05) is 7.11 Å². The first-order chi connectivity index (χ1) is 9.02. The molecule has 0 heterocycles. The minimum Gasteiger partial charge on any atom is -0.497 e. The summed E-state index contributed by atoms with van der Waals surface area (Å²) in [5, 5.41) is 0.448. The number of hydrogen-bond acceptors (Lipinski definition) is 2. The lowest BCUT2D eigenvalue weighted by molar-refractivity contribution is 0.103. The topological polar surface area (TPSA) is 26.3 Å². The van der Waals surface area contributed by atoms with Gasteiger partial charge in [0.05, 0.1) is 12.1 Å². The van der Waals surface area contributed by atoms with Crippen LogP contribution in [0.15, 0.2) is 40.9 Å². The minimum absolute atomic E-state index is 0.0912. The molecule has 0 N–H and O–H groups in total. The second-order valence-corrected chi connectivity index (χ2v) is 5.46. The van der Waals surface area contributed by atoms with Crippen molar-refractivity contribution in [2.24, 2.45) is 0 Å². The van der Waals surface area contributed by atoms with Crippen LogP contribution in [0.5, 0.6) is 5.75 Å². The Balaban J connectivity index is 2.47. The maximum atomic E-state index is 12.5. The van der Waals surface area contributed by atoms with E-state index < -0.39 is 0 Å². The van der Waals surface area contributed by atoms with E-state index in [0.29, 0.717) is 16.1 Å². The third kappa shape index (κ3) is 2.99. The zero-order valence-corrected chi connectivity index (χ0v) is 12.9. The first-order valence-electron chi connectivity index (χ1n) is 5.67. The largest absolute Gasteiger partial charge is 0.497 e. The average molecular weight is 340 g/mol. The van der Waals surface area contributed by atoms with Crippen LogP contribution < -0.4 is 4.74 Å². The summed E-state index contributed by atoms with van der Waals surface area (Å²) in [6.07, 6.45) is 0. The number of ketones is 1. The molecule has 2 nitrogen and oxygen atoms in total. The van der Waals surface area contributed by atoms with E-state index in [2.05, 4.69) is 15.9 Å². The molecule has 2 aromatic rings. The van der Waals surface area contributed by atoms with Crippen molar-refractivity contribution in [3.8, 4) is 5.75 Å². The van der Waals surface area contributed by atoms with Crippen LogP contribution in [-0.2, 0) is 0 Å². The fraction of sp³-hybridized carbons (Fsp3) is 0.133. The van der Waals surface area contributed by atoms with Gasteiger partial charge in [0, 0.05) is 15.6 Å². The molecule has 0 fully saturated rings. The first-order valence-corrected chi connectivity index (χ1v) is 6.84. The molecule has 4 heteroatoms. The standard InChI is InChI=1S/C15H12BrClO2/c1-9-7-11(19-2)4-5-12(9)15(18)13-8-10(16)3-6-14(13)17/h3-8H,1-2H3. The van der Waals surface area contributed by atoms with Gasteiger partial charge in [0.1, 0.15) is 5.75 Å². The third-order valence-corrected chi connectivity index (χ3v) is 3.67. The maximum Gasteiger partial charge on any atom is 0.194 e. The van der Waals surface area contributed by atoms with Gasteiger partial charge >= 0.3 is 0 Å². The summed E-state index contributed by atoms with van der Waals surface area (Å²) in [6.45, 7) is 1.88. The van der Waals surface area contributed by atoms with Crippen LogP contribution in [0.25, 0.3) is 0 Å². The summed E-state index contributed by atoms with van der Waals surface area (Å²) in [6, 6.07) is 10.6. The number of rotatable bonds is 3. The van der Waals surface area contributed by atoms with E-state index in [4.69, 9.17) is 16.3 Å². The number of carbonyl (C=O) groups excluding carboxylic acids is 1. The summed E-state index contributed by atoms with van der Waals surface area (Å²) >= 11 is 9.43. The molecule has 19 heavy (non-hydrogen) atoms. The molecule has 2 rings (SSSR count). The molecule has 0 amide bonds. The number of halogens is 2. The normalized spacial score (nSPS) is 10.3. The molecule has 0 saturated heterocycles. The van der Waals surface area contributed by atoms with Crippen molar-refractivity contribution in [2.45, 2.75) is 6.92 Å². The van der Waals surface area contributed by atoms with Crippen molar-refractivity contribution < 1.29 is 9.53 Å². The van der Waals surface area contributed by atoms with E-state index in [-0.39, 0.29) is 5.78 Å². The highest BCUT2D eigenvalue weighted by molar-refractivity contribution is 9.10. The molecule has 0 unspecified atom stereocenters. The van der Waals surface area contributed by atoms with E-state index >= 15 is 0 Å². The van der Waals surface area contributed by atoms with Crippen LogP contribution in [0.1, 0.15) is 21.5 Å². The van der Waals surface area contributed by atoms with Crippen molar-refractivity contribution >= 4 is 33.3 Å². The summed E-state index contributed by atoms with van der Waals surface area (Å²) in [7, 11) is 1.60. The molecule has 0 aliphatic heterocycles. The molecule has 0 aliphatic rings. The highest BCUT2D eigenvalue weighted by Gasteiger charge is 2.15. The number of benzene rings is 2. The molecule has 98 valence electrons. The first kappa shape index (κ1) is 14.1. The summed E-state index contributed by atoms with van der Waals surface area (Å²) < 4.78 is 5.96. The van der Waals surface area contributed by atoms with Crippen molar-refractivity contribution in [3.63, 3.8) is 0 Å². The molecule has 0 atom stereocenters. The predicted octanol–water partition coefficient (Wildman–Crippen LogP) is 4.65. The maximum absolute atomic E-state index is 12.5. The van der Waals surface area contributed by atoms with Gasteiger partial charge in [-0.15, -0.1) is 0 Å². The summed E-state index contributed by atoms with van der Waals surface area (Å²) in [4.78, 5) is 12.5. The van der Waals surface area contributed by atoms with Crippen LogP contribution in [0, 0.1) is 6.92 Å². The molecule has 2 aromatic carbocycles. The Bertz CT molecular complexity index is 638. The van der Waals surface area contributed by atoms with Gasteiger partial charge in [-0.2, -0.15) is 0 Å². The van der Waals surface area contributed by atoms with E-state index in [9.17, 15) is 4.79 Å². The van der Waals surface area contributed by atoms with Gasteiger partial charge in [-0.3, -0.25) is 4.79 Å². The molecule has 0 saturated carbocycles. The lowest BCUT2D eigenvalue weighted by Gasteiger charge is -2.09. The Morgan fingerprint density at radius 2 is 1.89 bits per heavy atom. The Morgan fingerprint density at radius 1 is 1.16 bits per heavy atom. The quantitative estimate of drug-likeness (QED) is 0.761. The fourth-order valence-corrected chi connectivity index (χ4v) is 2.40. The zero-order chi connectivity index (χ0) is 14.0. The molecular formula is C15H12BrClO2. The number of methoxy groups -OCH3 is 1. The monoisotopic (exact) mass is 338 g/mol. The average Bonchev–Trinajstić information content (AvgIpc) is 2.40. The minimum atomic E-state index is -0.0912. The van der Waals surface area contributed by atoms with Crippen LogP contribution in [0.3, 0.4) is 0 Å². The molecular weight excluding hydrogens is 328 g/mol. The number of aryl methyl sites for hydroxylation is 1. The van der Waals surface area contributed by atoms with E-state index in [1.807, 2.05) is 13.0 Å². The van der Waals surface area contributed by atoms with Gasteiger partial charge in [0.15, 0.2) is 5.78 Å². The third-order valence-electron chi connectivity index (χ3n) is 2.85. The van der Waals surface area contributed by atoms with Gasteiger partial charge in [-0.1, -0.05) is 27.5 Å². The van der Waals surface area contributed by atoms with E-state index in [0.717, 1.165) is 15.8 Å². The second-order valence-electron chi connectivity index (χ2n) is 4.13. The van der Waals surface area contributed by atoms with E-state index in [1.165, 1.54) is 0 Å². The van der Waals surface area contributed by atoms with Crippen LogP contribution >= 0.6 is 27.5 Å². The van der Waals surface area contributed by atoms with Gasteiger partial charge < -0.3 is 4.74 Å². The van der Waals surface area contributed by atoms with Gasteiger partial charge in [-0.25, -0.2) is 0 Å². The van der Waals surface area contributed by atoms with Gasteiger partial charge in [-0.05, 0) is 48.9 Å². The lowest BCUT2D eigenvalue weighted by Crippen LogP contribution is -2.04. The van der Waals surface area contributed by atoms with Crippen molar-refractivity contribution in [1.29, 1.82) is 0 Å². The Labute approximate surface area is 125 Å². The SMILES string of the molecule is COc1ccc(C(=O)c2cc(Br)ccc2Cl)c(C)c1. The van der Waals surface area contributed by atoms with Crippen LogP contribution in [0.2, 0.25) is 5.02 Å². The zero-order valence-electron chi connectivity index (χ0n) is 10.5. The summed E-state index contributed by atoms with van der Waals surface area (Å²) in [5.74, 6) is 0.640.